The summed E-state index contributed by atoms with van der Waals surface area (Å²) in [5.41, 5.74) is 1.20. The maximum Gasteiger partial charge on any atom is 0.490 e. The van der Waals surface area contributed by atoms with Crippen LogP contribution in [0.3, 0.4) is 0 Å². The zero-order valence-corrected chi connectivity index (χ0v) is 24.6. The first-order valence-corrected chi connectivity index (χ1v) is 14.1. The normalized spacial score (nSPS) is 16.3. The van der Waals surface area contributed by atoms with Crippen LogP contribution in [0.5, 0.6) is 0 Å². The number of pyridine rings is 1. The summed E-state index contributed by atoms with van der Waals surface area (Å²) in [5, 5.41) is 22.5. The van der Waals surface area contributed by atoms with E-state index in [0.29, 0.717) is 25.3 Å². The number of hydrogen-bond acceptors (Lipinski definition) is 7. The van der Waals surface area contributed by atoms with Gasteiger partial charge in [0.25, 0.3) is 5.91 Å². The number of aromatic nitrogens is 1. The number of alkyl halides is 6. The smallest absolute Gasteiger partial charge is 0.475 e. The number of rotatable bonds is 6. The van der Waals surface area contributed by atoms with E-state index in [0.717, 1.165) is 48.9 Å². The fourth-order valence-electron chi connectivity index (χ4n) is 4.97. The van der Waals surface area contributed by atoms with Crippen LogP contribution in [0.25, 0.3) is 10.8 Å². The average Bonchev–Trinajstić information content (AvgIpc) is 3.31. The van der Waals surface area contributed by atoms with Crippen LogP contribution in [-0.2, 0) is 20.9 Å². The van der Waals surface area contributed by atoms with E-state index in [9.17, 15) is 35.9 Å². The van der Waals surface area contributed by atoms with Crippen molar-refractivity contribution in [3.05, 3.63) is 78.1 Å². The van der Waals surface area contributed by atoms with Crippen molar-refractivity contribution in [2.75, 3.05) is 32.8 Å². The lowest BCUT2D eigenvalue weighted by Crippen LogP contribution is -2.56. The molecule has 2 fully saturated rings. The number of carbonyl (C=O) groups excluding carboxylic acids is 2. The Bertz CT molecular complexity index is 1520. The fourth-order valence-corrected chi connectivity index (χ4v) is 4.97. The molecular formula is C30H31F6N5O6. The van der Waals surface area contributed by atoms with Gasteiger partial charge in [0.15, 0.2) is 0 Å². The first kappa shape index (κ1) is 36.7. The van der Waals surface area contributed by atoms with Crippen molar-refractivity contribution >= 4 is 34.5 Å². The minimum absolute atomic E-state index is 0.0501. The van der Waals surface area contributed by atoms with Gasteiger partial charge in [0, 0.05) is 44.5 Å². The number of carbonyl (C=O) groups is 4. The van der Waals surface area contributed by atoms with Crippen molar-refractivity contribution in [2.45, 2.75) is 37.3 Å². The molecule has 1 aromatic heterocycles. The number of fused-ring (bicyclic) bond motifs is 1. The van der Waals surface area contributed by atoms with Gasteiger partial charge in [-0.15, -0.1) is 0 Å². The Morgan fingerprint density at radius 3 is 2.00 bits per heavy atom. The molecule has 0 bridgehead atoms. The van der Waals surface area contributed by atoms with Crippen molar-refractivity contribution in [3.8, 4) is 0 Å². The Kier molecular flexibility index (Phi) is 12.2. The summed E-state index contributed by atoms with van der Waals surface area (Å²) in [5.74, 6) is -5.44. The van der Waals surface area contributed by atoms with Gasteiger partial charge in [0.1, 0.15) is 5.54 Å². The molecule has 2 aromatic carbocycles. The maximum absolute atomic E-state index is 12.8. The quantitative estimate of drug-likeness (QED) is 0.288. The van der Waals surface area contributed by atoms with E-state index in [2.05, 4.69) is 25.4 Å². The van der Waals surface area contributed by atoms with E-state index >= 15 is 0 Å². The average molecular weight is 672 g/mol. The molecule has 4 N–H and O–H groups in total. The maximum atomic E-state index is 12.8. The molecule has 0 saturated carbocycles. The number of piperidine rings is 1. The van der Waals surface area contributed by atoms with E-state index in [1.807, 2.05) is 60.7 Å². The van der Waals surface area contributed by atoms with E-state index in [1.54, 1.807) is 6.20 Å². The predicted octanol–water partition coefficient (Wildman–Crippen LogP) is 3.66. The Hall–Kier alpha value is -4.77. The van der Waals surface area contributed by atoms with Gasteiger partial charge >= 0.3 is 24.3 Å². The SMILES string of the molecule is O=C(NCCN1CCC2(CC1)C(=O)NCN2Cc1ccccn1)c1ccc2ccccc2c1.O=C(O)C(F)(F)F.O=C(O)C(F)(F)F. The molecule has 47 heavy (non-hydrogen) atoms. The number of carboxylic acid groups (broad SMARTS) is 2. The Morgan fingerprint density at radius 2 is 1.45 bits per heavy atom. The highest BCUT2D eigenvalue weighted by atomic mass is 19.4. The van der Waals surface area contributed by atoms with Crippen LogP contribution in [0, 0.1) is 0 Å². The highest BCUT2D eigenvalue weighted by Gasteiger charge is 2.50. The summed E-state index contributed by atoms with van der Waals surface area (Å²) in [6, 6.07) is 19.7. The van der Waals surface area contributed by atoms with Gasteiger partial charge < -0.3 is 25.7 Å². The molecule has 1 spiro atoms. The molecule has 0 radical (unpaired) electrons. The Balaban J connectivity index is 0.000000360. The van der Waals surface area contributed by atoms with Crippen LogP contribution in [0.4, 0.5) is 26.3 Å². The molecule has 0 atom stereocenters. The largest absolute Gasteiger partial charge is 0.490 e. The highest BCUT2D eigenvalue weighted by molar-refractivity contribution is 5.98. The summed E-state index contributed by atoms with van der Waals surface area (Å²) < 4.78 is 63.5. The second kappa shape index (κ2) is 15.7. The molecule has 3 aromatic rings. The highest BCUT2D eigenvalue weighted by Crippen LogP contribution is 2.33. The number of carboxylic acids is 2. The lowest BCUT2D eigenvalue weighted by atomic mass is 9.86. The molecule has 254 valence electrons. The third-order valence-corrected chi connectivity index (χ3v) is 7.43. The van der Waals surface area contributed by atoms with E-state index in [1.165, 1.54) is 0 Å². The van der Waals surface area contributed by atoms with Crippen LogP contribution >= 0.6 is 0 Å². The van der Waals surface area contributed by atoms with Crippen LogP contribution in [0.15, 0.2) is 66.9 Å². The predicted molar refractivity (Wildman–Crippen MR) is 155 cm³/mol. The molecule has 3 heterocycles. The van der Waals surface area contributed by atoms with Crippen LogP contribution in [0.1, 0.15) is 28.9 Å². The molecule has 2 aliphatic rings. The molecule has 2 aliphatic heterocycles. The molecule has 0 unspecified atom stereocenters. The molecule has 2 saturated heterocycles. The van der Waals surface area contributed by atoms with Gasteiger partial charge in [-0.25, -0.2) is 9.59 Å². The van der Waals surface area contributed by atoms with Gasteiger partial charge in [0.05, 0.1) is 12.4 Å². The number of halogens is 6. The van der Waals surface area contributed by atoms with Gasteiger partial charge in [-0.3, -0.25) is 19.5 Å². The van der Waals surface area contributed by atoms with Crippen LogP contribution in [-0.4, -0.2) is 99.5 Å². The number of hydrogen-bond donors (Lipinski definition) is 4. The Labute approximate surface area is 264 Å². The fraction of sp³-hybridized carbons (Fsp3) is 0.367. The summed E-state index contributed by atoms with van der Waals surface area (Å²) in [6.45, 7) is 4.26. The molecule has 5 rings (SSSR count). The lowest BCUT2D eigenvalue weighted by molar-refractivity contribution is -0.193. The standard InChI is InChI=1S/C26H29N5O2.2C2HF3O2/c32-24(22-9-8-20-5-1-2-6-21(20)17-22)28-13-16-30-14-10-26(11-15-30)25(33)29-19-31(26)18-23-7-3-4-12-27-23;2*3-2(4,5)1(6)7/h1-9,12,17H,10-11,13-16,18-19H2,(H,28,32)(H,29,33);2*(H,6,7). The third kappa shape index (κ3) is 10.4. The van der Waals surface area contributed by atoms with Crippen molar-refractivity contribution in [1.82, 2.24) is 25.4 Å². The van der Waals surface area contributed by atoms with Crippen molar-refractivity contribution in [2.24, 2.45) is 0 Å². The number of nitrogens with zero attached hydrogens (tertiary/aromatic N) is 3. The van der Waals surface area contributed by atoms with Crippen molar-refractivity contribution < 1.29 is 55.7 Å². The van der Waals surface area contributed by atoms with Gasteiger partial charge in [-0.1, -0.05) is 36.4 Å². The molecule has 11 nitrogen and oxygen atoms in total. The molecule has 0 aliphatic carbocycles. The van der Waals surface area contributed by atoms with Gasteiger partial charge in [-0.05, 0) is 47.9 Å². The second-order valence-corrected chi connectivity index (χ2v) is 10.5. The van der Waals surface area contributed by atoms with Crippen molar-refractivity contribution in [3.63, 3.8) is 0 Å². The Morgan fingerprint density at radius 1 is 0.872 bits per heavy atom. The minimum atomic E-state index is -5.08. The van der Waals surface area contributed by atoms with Gasteiger partial charge in [0.2, 0.25) is 5.91 Å². The first-order chi connectivity index (χ1) is 22.0. The topological polar surface area (TPSA) is 152 Å². The number of nitrogens with one attached hydrogen (secondary N) is 2. The number of amides is 2. The summed E-state index contributed by atoms with van der Waals surface area (Å²) in [7, 11) is 0. The van der Waals surface area contributed by atoms with E-state index < -0.39 is 29.8 Å². The number of likely N-dealkylation sites (tertiary alicyclic amines) is 1. The molecule has 17 heteroatoms. The zero-order chi connectivity index (χ0) is 34.8. The third-order valence-electron chi connectivity index (χ3n) is 7.43. The van der Waals surface area contributed by atoms with Crippen LogP contribution < -0.4 is 10.6 Å². The molecular weight excluding hydrogens is 640 g/mol. The summed E-state index contributed by atoms with van der Waals surface area (Å²) in [4.78, 5) is 52.1. The number of benzene rings is 2. The van der Waals surface area contributed by atoms with Crippen molar-refractivity contribution in [1.29, 1.82) is 0 Å². The minimum Gasteiger partial charge on any atom is -0.475 e. The lowest BCUT2D eigenvalue weighted by Gasteiger charge is -2.42. The molecule has 2 amide bonds. The van der Waals surface area contributed by atoms with Gasteiger partial charge in [-0.2, -0.15) is 26.3 Å². The van der Waals surface area contributed by atoms with E-state index in [4.69, 9.17) is 19.8 Å². The second-order valence-electron chi connectivity index (χ2n) is 10.5. The van der Waals surface area contributed by atoms with Crippen LogP contribution in [0.2, 0.25) is 0 Å². The van der Waals surface area contributed by atoms with E-state index in [-0.39, 0.29) is 11.8 Å². The summed E-state index contributed by atoms with van der Waals surface area (Å²) >= 11 is 0. The first-order valence-electron chi connectivity index (χ1n) is 14.1. The zero-order valence-electron chi connectivity index (χ0n) is 24.6. The number of aliphatic carboxylic acids is 2. The summed E-state index contributed by atoms with van der Waals surface area (Å²) in [6.07, 6.45) is -6.81. The monoisotopic (exact) mass is 671 g/mol.